The van der Waals surface area contributed by atoms with Crippen molar-refractivity contribution in [3.05, 3.63) is 59.5 Å². The molecule has 196 valence electrons. The molecule has 1 aromatic carbocycles. The van der Waals surface area contributed by atoms with Crippen LogP contribution in [0, 0.1) is 0 Å². The van der Waals surface area contributed by atoms with E-state index in [4.69, 9.17) is 0 Å². The molecule has 1 saturated heterocycles. The zero-order chi connectivity index (χ0) is 26.5. The van der Waals surface area contributed by atoms with Crippen molar-refractivity contribution in [3.63, 3.8) is 0 Å². The van der Waals surface area contributed by atoms with Crippen molar-refractivity contribution in [2.75, 3.05) is 33.7 Å². The topological polar surface area (TPSA) is 76.9 Å². The summed E-state index contributed by atoms with van der Waals surface area (Å²) in [5, 5.41) is 12.1. The van der Waals surface area contributed by atoms with Crippen molar-refractivity contribution in [3.8, 4) is 11.3 Å². The Kier molecular flexibility index (Phi) is 6.62. The smallest absolute Gasteiger partial charge is 0.236 e. The first-order valence-electron chi connectivity index (χ1n) is 13.3. The van der Waals surface area contributed by atoms with Gasteiger partial charge in [-0.2, -0.15) is 0 Å². The number of carbonyl (C=O) groups excluding carboxylic acids is 1. The predicted molar refractivity (Wildman–Crippen MR) is 149 cm³/mol. The molecule has 0 aliphatic carbocycles. The summed E-state index contributed by atoms with van der Waals surface area (Å²) in [6.07, 6.45) is 7.93. The minimum atomic E-state index is -1.01. The number of nitrogens with one attached hydrogen (secondary N) is 1. The third-order valence-corrected chi connectivity index (χ3v) is 7.79. The molecule has 37 heavy (non-hydrogen) atoms. The average Bonchev–Trinajstić information content (AvgIpc) is 3.47. The third kappa shape index (κ3) is 4.90. The fourth-order valence-corrected chi connectivity index (χ4v) is 5.69. The highest BCUT2D eigenvalue weighted by atomic mass is 16.3. The molecule has 0 spiro atoms. The summed E-state index contributed by atoms with van der Waals surface area (Å²) < 4.78 is 2.00. The molecule has 0 unspecified atom stereocenters. The van der Waals surface area contributed by atoms with E-state index in [2.05, 4.69) is 59.2 Å². The molecule has 3 aromatic heterocycles. The Morgan fingerprint density at radius 3 is 2.59 bits per heavy atom. The molecular formula is C30H39N5O2. The number of likely N-dealkylation sites (N-methyl/N-ethyl adjacent to an activating group) is 1. The Morgan fingerprint density at radius 2 is 1.95 bits per heavy atom. The Morgan fingerprint density at radius 1 is 1.22 bits per heavy atom. The number of fused-ring (bicyclic) bond motifs is 2. The van der Waals surface area contributed by atoms with Gasteiger partial charge in [0.15, 0.2) is 0 Å². The number of H-pyrrole nitrogens is 1. The molecular weight excluding hydrogens is 462 g/mol. The largest absolute Gasteiger partial charge is 0.386 e. The molecule has 1 aliphatic heterocycles. The Labute approximate surface area is 219 Å². The minimum absolute atomic E-state index is 0.169. The normalized spacial score (nSPS) is 15.8. The van der Waals surface area contributed by atoms with Gasteiger partial charge in [-0.1, -0.05) is 19.9 Å². The van der Waals surface area contributed by atoms with E-state index >= 15 is 0 Å². The van der Waals surface area contributed by atoms with Gasteiger partial charge in [-0.25, -0.2) is 4.98 Å². The lowest BCUT2D eigenvalue weighted by atomic mass is 9.87. The van der Waals surface area contributed by atoms with Crippen LogP contribution in [-0.2, 0) is 10.4 Å². The van der Waals surface area contributed by atoms with E-state index in [0.29, 0.717) is 18.4 Å². The Balaban J connectivity index is 1.50. The second-order valence-electron chi connectivity index (χ2n) is 11.6. The van der Waals surface area contributed by atoms with Crippen molar-refractivity contribution in [2.24, 2.45) is 0 Å². The summed E-state index contributed by atoms with van der Waals surface area (Å²) in [5.41, 5.74) is 6.53. The number of carbonyl (C=O) groups is 1. The van der Waals surface area contributed by atoms with E-state index in [-0.39, 0.29) is 5.91 Å². The van der Waals surface area contributed by atoms with Gasteiger partial charge in [-0.3, -0.25) is 9.69 Å². The molecule has 0 bridgehead atoms. The molecule has 0 radical (unpaired) electrons. The number of hydrogen-bond acceptors (Lipinski definition) is 4. The number of rotatable bonds is 6. The van der Waals surface area contributed by atoms with Gasteiger partial charge in [-0.05, 0) is 80.9 Å². The van der Waals surface area contributed by atoms with Crippen LogP contribution in [0.25, 0.3) is 27.8 Å². The molecule has 1 fully saturated rings. The maximum atomic E-state index is 12.1. The maximum Gasteiger partial charge on any atom is 0.236 e. The van der Waals surface area contributed by atoms with Crippen LogP contribution in [0.2, 0.25) is 0 Å². The van der Waals surface area contributed by atoms with E-state index in [0.717, 1.165) is 53.9 Å². The quantitative estimate of drug-likeness (QED) is 0.385. The van der Waals surface area contributed by atoms with Gasteiger partial charge in [0.05, 0.1) is 17.8 Å². The number of aliphatic hydroxyl groups is 1. The molecule has 4 heterocycles. The number of pyridine rings is 1. The van der Waals surface area contributed by atoms with Gasteiger partial charge in [-0.15, -0.1) is 0 Å². The molecule has 7 heteroatoms. The van der Waals surface area contributed by atoms with Crippen LogP contribution < -0.4 is 0 Å². The molecule has 7 nitrogen and oxygen atoms in total. The van der Waals surface area contributed by atoms with Crippen LogP contribution in [-0.4, -0.2) is 68.9 Å². The number of amides is 1. The number of nitrogens with zero attached hydrogens (tertiary/aromatic N) is 4. The average molecular weight is 502 g/mol. The van der Waals surface area contributed by atoms with Gasteiger partial charge < -0.3 is 19.4 Å². The zero-order valence-electron chi connectivity index (χ0n) is 22.9. The van der Waals surface area contributed by atoms with Gasteiger partial charge >= 0.3 is 0 Å². The number of aromatic amines is 1. The first kappa shape index (κ1) is 25.5. The molecule has 0 atom stereocenters. The number of likely N-dealkylation sites (tertiary alicyclic amines) is 1. The fourth-order valence-electron chi connectivity index (χ4n) is 5.69. The highest BCUT2D eigenvalue weighted by Crippen LogP contribution is 2.39. The summed E-state index contributed by atoms with van der Waals surface area (Å²) in [7, 11) is 3.64. The summed E-state index contributed by atoms with van der Waals surface area (Å²) in [6, 6.07) is 8.93. The third-order valence-electron chi connectivity index (χ3n) is 7.79. The lowest BCUT2D eigenvalue weighted by Gasteiger charge is -2.32. The number of imidazole rings is 1. The predicted octanol–water partition coefficient (Wildman–Crippen LogP) is 5.10. The van der Waals surface area contributed by atoms with Crippen LogP contribution in [0.15, 0.2) is 42.9 Å². The van der Waals surface area contributed by atoms with Gasteiger partial charge in [0.1, 0.15) is 5.65 Å². The number of piperidine rings is 1. The number of hydrogen-bond donors (Lipinski definition) is 2. The lowest BCUT2D eigenvalue weighted by Crippen LogP contribution is -2.40. The van der Waals surface area contributed by atoms with Crippen LogP contribution >= 0.6 is 0 Å². The summed E-state index contributed by atoms with van der Waals surface area (Å²) in [4.78, 5) is 24.3. The number of aromatic nitrogens is 3. The standard InChI is InChI=1S/C30H39N5O2/c1-19(2)27-23-15-21(20-9-12-34(13-10-20)18-26(36)33(5)6)7-8-25(23)32-28(27)22-16-24(30(3,4)37)29-31-11-14-35(29)17-22/h7-8,11,14-17,19-20,32,37H,9-10,12-13,18H2,1-6H3. The van der Waals surface area contributed by atoms with Crippen LogP contribution in [0.5, 0.6) is 0 Å². The molecule has 4 aromatic rings. The summed E-state index contributed by atoms with van der Waals surface area (Å²) in [6.45, 7) is 10.5. The van der Waals surface area contributed by atoms with Crippen molar-refractivity contribution in [1.82, 2.24) is 24.2 Å². The van der Waals surface area contributed by atoms with Gasteiger partial charge in [0.25, 0.3) is 0 Å². The Bertz CT molecular complexity index is 1430. The van der Waals surface area contributed by atoms with E-state index < -0.39 is 5.60 Å². The van der Waals surface area contributed by atoms with E-state index in [9.17, 15) is 9.90 Å². The molecule has 1 aliphatic rings. The lowest BCUT2D eigenvalue weighted by molar-refractivity contribution is -0.130. The Hall–Kier alpha value is -3.16. The molecule has 5 rings (SSSR count). The molecule has 0 saturated carbocycles. The molecule has 1 amide bonds. The van der Waals surface area contributed by atoms with Crippen molar-refractivity contribution >= 4 is 22.5 Å². The first-order valence-corrected chi connectivity index (χ1v) is 13.3. The minimum Gasteiger partial charge on any atom is -0.386 e. The SMILES string of the molecule is CC(C)c1c(-c2cc(C(C)(C)O)c3nccn3c2)[nH]c2ccc(C3CCN(CC(=O)N(C)C)CC3)cc12. The van der Waals surface area contributed by atoms with Gasteiger partial charge in [0, 0.05) is 54.7 Å². The second-order valence-corrected chi connectivity index (χ2v) is 11.6. The van der Waals surface area contributed by atoms with E-state index in [1.54, 1.807) is 11.1 Å². The zero-order valence-corrected chi connectivity index (χ0v) is 22.9. The van der Waals surface area contributed by atoms with Gasteiger partial charge in [0.2, 0.25) is 5.91 Å². The van der Waals surface area contributed by atoms with Crippen LogP contribution in [0.3, 0.4) is 0 Å². The number of benzene rings is 1. The summed E-state index contributed by atoms with van der Waals surface area (Å²) in [5.74, 6) is 0.988. The fraction of sp³-hybridized carbons (Fsp3) is 0.467. The monoisotopic (exact) mass is 501 g/mol. The van der Waals surface area contributed by atoms with Crippen LogP contribution in [0.1, 0.15) is 69.1 Å². The van der Waals surface area contributed by atoms with E-state index in [1.807, 2.05) is 38.5 Å². The van der Waals surface area contributed by atoms with Crippen molar-refractivity contribution in [1.29, 1.82) is 0 Å². The van der Waals surface area contributed by atoms with Crippen molar-refractivity contribution in [2.45, 2.75) is 58.0 Å². The van der Waals surface area contributed by atoms with Crippen LogP contribution in [0.4, 0.5) is 0 Å². The van der Waals surface area contributed by atoms with E-state index in [1.165, 1.54) is 16.5 Å². The second kappa shape index (κ2) is 9.62. The highest BCUT2D eigenvalue weighted by molar-refractivity contribution is 5.92. The van der Waals surface area contributed by atoms with Crippen molar-refractivity contribution < 1.29 is 9.90 Å². The first-order chi connectivity index (χ1) is 17.5. The maximum absolute atomic E-state index is 12.1. The highest BCUT2D eigenvalue weighted by Gasteiger charge is 2.26. The molecule has 2 N–H and O–H groups in total. The summed E-state index contributed by atoms with van der Waals surface area (Å²) >= 11 is 0.